The molecule has 2 N–H and O–H groups in total. The van der Waals surface area contributed by atoms with E-state index in [1.54, 1.807) is 7.11 Å². The van der Waals surface area contributed by atoms with Gasteiger partial charge in [0.15, 0.2) is 11.5 Å². The molecule has 26 heavy (non-hydrogen) atoms. The number of hydrogen-bond donors (Lipinski definition) is 1. The first-order valence-electron chi connectivity index (χ1n) is 9.90. The van der Waals surface area contributed by atoms with Gasteiger partial charge >= 0.3 is 0 Å². The molecule has 142 valence electrons. The van der Waals surface area contributed by atoms with Crippen molar-refractivity contribution < 1.29 is 9.47 Å². The second-order valence-corrected chi connectivity index (χ2v) is 7.63. The molecule has 0 spiro atoms. The van der Waals surface area contributed by atoms with Gasteiger partial charge in [-0.25, -0.2) is 4.98 Å². The Labute approximate surface area is 155 Å². The number of methoxy groups -OCH3 is 1. The van der Waals surface area contributed by atoms with Gasteiger partial charge in [0, 0.05) is 30.6 Å². The van der Waals surface area contributed by atoms with Crippen molar-refractivity contribution in [1.29, 1.82) is 0 Å². The third-order valence-electron chi connectivity index (χ3n) is 5.98. The van der Waals surface area contributed by atoms with Crippen LogP contribution in [0.2, 0.25) is 0 Å². The fourth-order valence-electron chi connectivity index (χ4n) is 4.48. The number of ether oxygens (including phenoxy) is 2. The summed E-state index contributed by atoms with van der Waals surface area (Å²) < 4.78 is 14.0. The highest BCUT2D eigenvalue weighted by Crippen LogP contribution is 2.38. The van der Waals surface area contributed by atoms with Crippen molar-refractivity contribution in [3.8, 4) is 11.5 Å². The Morgan fingerprint density at radius 2 is 2.00 bits per heavy atom. The summed E-state index contributed by atoms with van der Waals surface area (Å²) >= 11 is 0. The monoisotopic (exact) mass is 358 g/mol. The minimum Gasteiger partial charge on any atom is -0.493 e. The number of nitrogens with zero attached hydrogens (tertiary/aromatic N) is 3. The Balaban J connectivity index is 1.57. The second-order valence-electron chi connectivity index (χ2n) is 7.63. The number of nitrogen functional groups attached to an aromatic ring is 1. The van der Waals surface area contributed by atoms with Crippen molar-refractivity contribution >= 4 is 17.0 Å². The van der Waals surface area contributed by atoms with E-state index in [0.717, 1.165) is 42.2 Å². The predicted octanol–water partition coefficient (Wildman–Crippen LogP) is 3.46. The number of hydrogen-bond acceptors (Lipinski definition) is 5. The molecule has 0 amide bonds. The third kappa shape index (κ3) is 3.22. The highest BCUT2D eigenvalue weighted by atomic mass is 16.5. The molecular weight excluding hydrogens is 328 g/mol. The standard InChI is InChI=1S/C20H30N4O2/c1-3-23-9-8-14(12-23)13-26-19-10-16-17(11-18(19)25-2)24(20(21)22-16)15-6-4-5-7-15/h10-11,14-15H,3-9,12-13H2,1-2H3,(H2,21,22)/t14-/m1/s1. The van der Waals surface area contributed by atoms with Crippen LogP contribution >= 0.6 is 0 Å². The Morgan fingerprint density at radius 3 is 2.69 bits per heavy atom. The van der Waals surface area contributed by atoms with Crippen LogP contribution < -0.4 is 15.2 Å². The maximum absolute atomic E-state index is 6.24. The van der Waals surface area contributed by atoms with Crippen LogP contribution in [0.5, 0.6) is 11.5 Å². The molecule has 2 aromatic rings. The van der Waals surface area contributed by atoms with Crippen LogP contribution in [-0.4, -0.2) is 47.8 Å². The first-order valence-corrected chi connectivity index (χ1v) is 9.90. The minimum atomic E-state index is 0.454. The molecule has 4 rings (SSSR count). The Kier molecular flexibility index (Phi) is 4.94. The number of imidazole rings is 1. The fraction of sp³-hybridized carbons (Fsp3) is 0.650. The molecule has 0 bridgehead atoms. The summed E-state index contributed by atoms with van der Waals surface area (Å²) in [6.45, 7) is 6.33. The van der Waals surface area contributed by atoms with Crippen LogP contribution in [-0.2, 0) is 0 Å². The quantitative estimate of drug-likeness (QED) is 0.857. The summed E-state index contributed by atoms with van der Waals surface area (Å²) in [5.41, 5.74) is 8.19. The van der Waals surface area contributed by atoms with Crippen LogP contribution in [0, 0.1) is 5.92 Å². The molecule has 2 heterocycles. The molecule has 6 nitrogen and oxygen atoms in total. The Hall–Kier alpha value is -1.95. The number of rotatable bonds is 6. The van der Waals surface area contributed by atoms with Gasteiger partial charge in [0.1, 0.15) is 0 Å². The topological polar surface area (TPSA) is 65.5 Å². The molecule has 2 aliphatic rings. The lowest BCUT2D eigenvalue weighted by Crippen LogP contribution is -2.21. The fourth-order valence-corrected chi connectivity index (χ4v) is 4.48. The first kappa shape index (κ1) is 17.5. The number of benzene rings is 1. The summed E-state index contributed by atoms with van der Waals surface area (Å²) in [5, 5.41) is 0. The van der Waals surface area contributed by atoms with Gasteiger partial charge in [-0.2, -0.15) is 0 Å². The van der Waals surface area contributed by atoms with Crippen LogP contribution in [0.4, 0.5) is 5.95 Å². The van der Waals surface area contributed by atoms with Gasteiger partial charge in [-0.1, -0.05) is 19.8 Å². The minimum absolute atomic E-state index is 0.454. The maximum Gasteiger partial charge on any atom is 0.201 e. The third-order valence-corrected chi connectivity index (χ3v) is 5.98. The first-order chi connectivity index (χ1) is 12.7. The van der Waals surface area contributed by atoms with Crippen molar-refractivity contribution in [2.24, 2.45) is 5.92 Å². The highest BCUT2D eigenvalue weighted by molar-refractivity contribution is 5.82. The zero-order valence-corrected chi connectivity index (χ0v) is 15.9. The molecule has 1 atom stereocenters. The van der Waals surface area contributed by atoms with Crippen molar-refractivity contribution in [1.82, 2.24) is 14.5 Å². The second kappa shape index (κ2) is 7.35. The van der Waals surface area contributed by atoms with Crippen molar-refractivity contribution in [2.45, 2.75) is 45.1 Å². The lowest BCUT2D eigenvalue weighted by molar-refractivity contribution is 0.234. The lowest BCUT2D eigenvalue weighted by atomic mass is 10.1. The van der Waals surface area contributed by atoms with E-state index < -0.39 is 0 Å². The van der Waals surface area contributed by atoms with Crippen LogP contribution in [0.25, 0.3) is 11.0 Å². The molecule has 2 fully saturated rings. The van der Waals surface area contributed by atoms with E-state index in [2.05, 4.69) is 21.4 Å². The average molecular weight is 358 g/mol. The number of anilines is 1. The van der Waals surface area contributed by atoms with E-state index in [4.69, 9.17) is 15.2 Å². The zero-order valence-electron chi connectivity index (χ0n) is 15.9. The van der Waals surface area contributed by atoms with E-state index in [-0.39, 0.29) is 0 Å². The van der Waals surface area contributed by atoms with E-state index in [0.29, 0.717) is 17.9 Å². The van der Waals surface area contributed by atoms with Gasteiger partial charge < -0.3 is 24.7 Å². The Bertz CT molecular complexity index is 767. The smallest absolute Gasteiger partial charge is 0.201 e. The SMILES string of the molecule is CCN1CC[C@@H](COc2cc3nc(N)n(C4CCCC4)c3cc2OC)C1. The van der Waals surface area contributed by atoms with Gasteiger partial charge in [0.25, 0.3) is 0 Å². The zero-order chi connectivity index (χ0) is 18.1. The number of fused-ring (bicyclic) bond motifs is 1. The number of likely N-dealkylation sites (tertiary alicyclic amines) is 1. The largest absolute Gasteiger partial charge is 0.493 e. The Morgan fingerprint density at radius 1 is 1.19 bits per heavy atom. The van der Waals surface area contributed by atoms with E-state index in [9.17, 15) is 0 Å². The summed E-state index contributed by atoms with van der Waals surface area (Å²) in [7, 11) is 1.70. The molecule has 1 aromatic carbocycles. The van der Waals surface area contributed by atoms with Gasteiger partial charge in [0.2, 0.25) is 5.95 Å². The van der Waals surface area contributed by atoms with Crippen molar-refractivity contribution in [3.05, 3.63) is 12.1 Å². The molecule has 1 saturated carbocycles. The van der Waals surface area contributed by atoms with Crippen LogP contribution in [0.1, 0.15) is 45.1 Å². The van der Waals surface area contributed by atoms with Gasteiger partial charge in [-0.15, -0.1) is 0 Å². The molecular formula is C20H30N4O2. The summed E-state index contributed by atoms with van der Waals surface area (Å²) in [5.74, 6) is 2.71. The average Bonchev–Trinajstić information content (AvgIpc) is 3.37. The van der Waals surface area contributed by atoms with Gasteiger partial charge in [-0.05, 0) is 32.4 Å². The summed E-state index contributed by atoms with van der Waals surface area (Å²) in [6, 6.07) is 4.48. The highest BCUT2D eigenvalue weighted by Gasteiger charge is 2.24. The maximum atomic E-state index is 6.24. The van der Waals surface area contributed by atoms with E-state index in [1.165, 1.54) is 38.6 Å². The van der Waals surface area contributed by atoms with Crippen LogP contribution in [0.3, 0.4) is 0 Å². The summed E-state index contributed by atoms with van der Waals surface area (Å²) in [6.07, 6.45) is 6.07. The van der Waals surface area contributed by atoms with E-state index in [1.807, 2.05) is 12.1 Å². The molecule has 1 aliphatic heterocycles. The summed E-state index contributed by atoms with van der Waals surface area (Å²) in [4.78, 5) is 7.07. The molecule has 1 aliphatic carbocycles. The predicted molar refractivity (Wildman–Crippen MR) is 104 cm³/mol. The number of aromatic nitrogens is 2. The molecule has 0 unspecified atom stereocenters. The van der Waals surface area contributed by atoms with Gasteiger partial charge in [-0.3, -0.25) is 0 Å². The number of nitrogens with two attached hydrogens (primary N) is 1. The molecule has 1 aromatic heterocycles. The normalized spacial score (nSPS) is 21.7. The van der Waals surface area contributed by atoms with Crippen LogP contribution in [0.15, 0.2) is 12.1 Å². The molecule has 6 heteroatoms. The van der Waals surface area contributed by atoms with E-state index >= 15 is 0 Å². The lowest BCUT2D eigenvalue weighted by Gasteiger charge is -2.17. The molecule has 1 saturated heterocycles. The molecule has 0 radical (unpaired) electrons. The van der Waals surface area contributed by atoms with Crippen molar-refractivity contribution in [3.63, 3.8) is 0 Å². The van der Waals surface area contributed by atoms with Gasteiger partial charge in [0.05, 0.1) is 24.8 Å². The van der Waals surface area contributed by atoms with Crippen molar-refractivity contribution in [2.75, 3.05) is 39.1 Å².